The lowest BCUT2D eigenvalue weighted by molar-refractivity contribution is -0.130. The first-order valence-electron chi connectivity index (χ1n) is 5.09. The van der Waals surface area contributed by atoms with Gasteiger partial charge in [-0.3, -0.25) is 4.79 Å². The van der Waals surface area contributed by atoms with Gasteiger partial charge in [0, 0.05) is 11.3 Å². The molecule has 0 heterocycles. The van der Waals surface area contributed by atoms with E-state index in [-0.39, 0.29) is 28.6 Å². The summed E-state index contributed by atoms with van der Waals surface area (Å²) < 4.78 is 0. The van der Waals surface area contributed by atoms with Gasteiger partial charge in [0.25, 0.3) is 0 Å². The minimum atomic E-state index is -0.376. The van der Waals surface area contributed by atoms with Gasteiger partial charge >= 0.3 is 0 Å². The van der Waals surface area contributed by atoms with Gasteiger partial charge in [-0.1, -0.05) is 20.8 Å². The Morgan fingerprint density at radius 1 is 1.38 bits per heavy atom. The highest BCUT2D eigenvalue weighted by Gasteiger charge is 2.59. The Morgan fingerprint density at radius 3 is 2.54 bits per heavy atom. The third-order valence-corrected chi connectivity index (χ3v) is 3.94. The van der Waals surface area contributed by atoms with Crippen molar-refractivity contribution in [3.63, 3.8) is 0 Å². The van der Waals surface area contributed by atoms with Crippen LogP contribution in [0.2, 0.25) is 0 Å². The van der Waals surface area contributed by atoms with Crippen LogP contribution in [0.1, 0.15) is 40.0 Å². The van der Waals surface area contributed by atoms with Crippen LogP contribution in [-0.4, -0.2) is 17.0 Å². The van der Waals surface area contributed by atoms with Crippen molar-refractivity contribution in [1.82, 2.24) is 0 Å². The van der Waals surface area contributed by atoms with Crippen molar-refractivity contribution in [2.24, 2.45) is 16.7 Å². The molecule has 3 atom stereocenters. The predicted octanol–water partition coefficient (Wildman–Crippen LogP) is 1.76. The van der Waals surface area contributed by atoms with Crippen LogP contribution < -0.4 is 0 Å². The molecule has 2 rings (SSSR count). The first-order chi connectivity index (χ1) is 5.87. The van der Waals surface area contributed by atoms with Crippen LogP contribution in [0.25, 0.3) is 0 Å². The molecule has 13 heavy (non-hydrogen) atoms. The largest absolute Gasteiger partial charge is 0.392 e. The average Bonchev–Trinajstić information content (AvgIpc) is 2.33. The molecule has 0 radical (unpaired) electrons. The fourth-order valence-corrected chi connectivity index (χ4v) is 3.47. The van der Waals surface area contributed by atoms with Gasteiger partial charge in [-0.15, -0.1) is 0 Å². The third kappa shape index (κ3) is 1.08. The van der Waals surface area contributed by atoms with Crippen LogP contribution in [0.5, 0.6) is 0 Å². The van der Waals surface area contributed by atoms with E-state index in [0.717, 1.165) is 19.3 Å². The molecule has 2 aliphatic carbocycles. The van der Waals surface area contributed by atoms with Gasteiger partial charge in [0.2, 0.25) is 0 Å². The van der Waals surface area contributed by atoms with Crippen LogP contribution in [0.4, 0.5) is 0 Å². The van der Waals surface area contributed by atoms with Crippen molar-refractivity contribution in [2.45, 2.75) is 46.1 Å². The number of carbonyl (C=O) groups excluding carboxylic acids is 1. The molecule has 2 heteroatoms. The lowest BCUT2D eigenvalue weighted by atomic mass is 9.80. The van der Waals surface area contributed by atoms with Gasteiger partial charge in [-0.25, -0.2) is 0 Å². The molecule has 0 bridgehead atoms. The normalized spacial score (nSPS) is 48.2. The number of rotatable bonds is 0. The van der Waals surface area contributed by atoms with Crippen molar-refractivity contribution in [3.05, 3.63) is 0 Å². The Balaban J connectivity index is 2.37. The number of carbonyl (C=O) groups is 1. The molecule has 0 aromatic rings. The Hall–Kier alpha value is -0.370. The molecule has 2 saturated carbocycles. The molecule has 0 amide bonds. The zero-order chi connectivity index (χ0) is 9.85. The average molecular weight is 182 g/mol. The topological polar surface area (TPSA) is 37.3 Å². The van der Waals surface area contributed by atoms with Crippen molar-refractivity contribution in [2.75, 3.05) is 0 Å². The summed E-state index contributed by atoms with van der Waals surface area (Å²) in [4.78, 5) is 12.0. The number of fused-ring (bicyclic) bond motifs is 1. The number of aliphatic hydroxyl groups is 1. The maximum absolute atomic E-state index is 12.0. The molecule has 0 aromatic heterocycles. The summed E-state index contributed by atoms with van der Waals surface area (Å²) in [5.41, 5.74) is -0.124. The molecule has 0 aliphatic heterocycles. The van der Waals surface area contributed by atoms with Gasteiger partial charge in [0.1, 0.15) is 5.78 Å². The van der Waals surface area contributed by atoms with E-state index >= 15 is 0 Å². The number of Topliss-reactive ketones (excluding diaryl/α,β-unsaturated/α-hetero) is 1. The van der Waals surface area contributed by atoms with E-state index in [1.807, 2.05) is 13.8 Å². The molecule has 2 fully saturated rings. The predicted molar refractivity (Wildman–Crippen MR) is 50.2 cm³/mol. The molecule has 2 aliphatic rings. The van der Waals surface area contributed by atoms with Crippen LogP contribution >= 0.6 is 0 Å². The summed E-state index contributed by atoms with van der Waals surface area (Å²) in [7, 11) is 0. The number of aliphatic hydroxyl groups excluding tert-OH is 1. The second-order valence-electron chi connectivity index (χ2n) is 5.66. The standard InChI is InChI=1S/C11H18O2/c1-10(2)6-11(3)5-4-7(12)8(11)9(10)13/h7-8,12H,4-6H2,1-3H3. The molecule has 74 valence electrons. The van der Waals surface area contributed by atoms with Gasteiger partial charge in [-0.2, -0.15) is 0 Å². The lowest BCUT2D eigenvalue weighted by Gasteiger charge is -2.23. The second kappa shape index (κ2) is 2.35. The third-order valence-electron chi connectivity index (χ3n) is 3.94. The fourth-order valence-electron chi connectivity index (χ4n) is 3.47. The molecule has 3 unspecified atom stereocenters. The number of hydrogen-bond donors (Lipinski definition) is 1. The highest BCUT2D eigenvalue weighted by atomic mass is 16.3. The molecule has 0 spiro atoms. The summed E-state index contributed by atoms with van der Waals surface area (Å²) in [6.07, 6.45) is 2.39. The van der Waals surface area contributed by atoms with E-state index in [2.05, 4.69) is 6.92 Å². The summed E-state index contributed by atoms with van der Waals surface area (Å²) in [5.74, 6) is 0.197. The van der Waals surface area contributed by atoms with E-state index in [0.29, 0.717) is 0 Å². The Kier molecular flexibility index (Phi) is 1.66. The van der Waals surface area contributed by atoms with Crippen LogP contribution in [0, 0.1) is 16.7 Å². The summed E-state index contributed by atoms with van der Waals surface area (Å²) in [5, 5.41) is 9.75. The van der Waals surface area contributed by atoms with Crippen LogP contribution in [-0.2, 0) is 4.79 Å². The van der Waals surface area contributed by atoms with Crippen LogP contribution in [0.3, 0.4) is 0 Å². The molecular formula is C11H18O2. The Labute approximate surface area is 79.3 Å². The van der Waals surface area contributed by atoms with E-state index in [1.54, 1.807) is 0 Å². The highest BCUT2D eigenvalue weighted by molar-refractivity contribution is 5.90. The number of hydrogen-bond acceptors (Lipinski definition) is 2. The van der Waals surface area contributed by atoms with Crippen molar-refractivity contribution in [3.8, 4) is 0 Å². The maximum Gasteiger partial charge on any atom is 0.144 e. The molecule has 1 N–H and O–H groups in total. The monoisotopic (exact) mass is 182 g/mol. The quantitative estimate of drug-likeness (QED) is 0.620. The molecule has 0 saturated heterocycles. The molecule has 0 aromatic carbocycles. The summed E-state index contributed by atoms with van der Waals surface area (Å²) in [6, 6.07) is 0. The first kappa shape index (κ1) is 9.20. The van der Waals surface area contributed by atoms with Gasteiger partial charge < -0.3 is 5.11 Å². The van der Waals surface area contributed by atoms with E-state index < -0.39 is 0 Å². The highest BCUT2D eigenvalue weighted by Crippen LogP contribution is 2.58. The summed E-state index contributed by atoms with van der Waals surface area (Å²) in [6.45, 7) is 6.16. The first-order valence-corrected chi connectivity index (χ1v) is 5.09. The van der Waals surface area contributed by atoms with Gasteiger partial charge in [-0.05, 0) is 24.7 Å². The minimum Gasteiger partial charge on any atom is -0.392 e. The lowest BCUT2D eigenvalue weighted by Crippen LogP contribution is -2.30. The van der Waals surface area contributed by atoms with Crippen molar-refractivity contribution >= 4 is 5.78 Å². The fraction of sp³-hybridized carbons (Fsp3) is 0.909. The SMILES string of the molecule is CC1(C)CC2(C)CCC(O)C2C1=O. The van der Waals surface area contributed by atoms with Crippen molar-refractivity contribution in [1.29, 1.82) is 0 Å². The van der Waals surface area contributed by atoms with Gasteiger partial charge in [0.15, 0.2) is 0 Å². The maximum atomic E-state index is 12.0. The summed E-state index contributed by atoms with van der Waals surface area (Å²) >= 11 is 0. The Bertz CT molecular complexity index is 257. The minimum absolute atomic E-state index is 0.0810. The second-order valence-corrected chi connectivity index (χ2v) is 5.66. The van der Waals surface area contributed by atoms with E-state index in [1.165, 1.54) is 0 Å². The zero-order valence-corrected chi connectivity index (χ0v) is 8.63. The van der Waals surface area contributed by atoms with E-state index in [9.17, 15) is 9.90 Å². The zero-order valence-electron chi connectivity index (χ0n) is 8.63. The van der Waals surface area contributed by atoms with Crippen LogP contribution in [0.15, 0.2) is 0 Å². The Morgan fingerprint density at radius 2 is 2.00 bits per heavy atom. The number of ketones is 1. The molecular weight excluding hydrogens is 164 g/mol. The van der Waals surface area contributed by atoms with Gasteiger partial charge in [0.05, 0.1) is 6.10 Å². The smallest absolute Gasteiger partial charge is 0.144 e. The molecule has 2 nitrogen and oxygen atoms in total. The van der Waals surface area contributed by atoms with Crippen molar-refractivity contribution < 1.29 is 9.90 Å². The van der Waals surface area contributed by atoms with E-state index in [4.69, 9.17) is 0 Å².